The molecule has 0 bridgehead atoms. The summed E-state index contributed by atoms with van der Waals surface area (Å²) in [5.74, 6) is -0.531. The zero-order valence-electron chi connectivity index (χ0n) is 15.7. The molecule has 0 saturated carbocycles. The van der Waals surface area contributed by atoms with Crippen LogP contribution in [-0.4, -0.2) is 34.8 Å². The molecule has 7 heteroatoms. The number of carbonyl (C=O) groups excluding carboxylic acids is 2. The summed E-state index contributed by atoms with van der Waals surface area (Å²) in [5, 5.41) is 14.4. The number of carbonyl (C=O) groups is 2. The largest absolute Gasteiger partial charge is 0.356 e. The van der Waals surface area contributed by atoms with Crippen LogP contribution in [-0.2, 0) is 22.6 Å². The molecule has 1 aliphatic heterocycles. The highest BCUT2D eigenvalue weighted by Crippen LogP contribution is 2.23. The van der Waals surface area contributed by atoms with Crippen molar-refractivity contribution in [3.63, 3.8) is 0 Å². The fraction of sp³-hybridized carbons (Fsp3) is 0.286. The van der Waals surface area contributed by atoms with E-state index in [2.05, 4.69) is 10.6 Å². The molecule has 0 aromatic heterocycles. The van der Waals surface area contributed by atoms with E-state index in [0.717, 1.165) is 17.5 Å². The van der Waals surface area contributed by atoms with Crippen LogP contribution in [0.5, 0.6) is 0 Å². The van der Waals surface area contributed by atoms with E-state index in [9.17, 15) is 9.59 Å². The number of amides is 2. The van der Waals surface area contributed by atoms with Crippen LogP contribution in [0.25, 0.3) is 0 Å². The first-order valence-electron chi connectivity index (χ1n) is 9.11. The normalized spacial score (nSPS) is 18.9. The van der Waals surface area contributed by atoms with Gasteiger partial charge in [-0.15, -0.1) is 0 Å². The summed E-state index contributed by atoms with van der Waals surface area (Å²) in [6.07, 6.45) is 0.691. The van der Waals surface area contributed by atoms with Crippen LogP contribution in [0.15, 0.2) is 54.6 Å². The average molecular weight is 399 g/mol. The molecule has 1 aliphatic rings. The van der Waals surface area contributed by atoms with Crippen molar-refractivity contribution < 1.29 is 9.59 Å². The monoisotopic (exact) mass is 398 g/mol. The predicted octanol–water partition coefficient (Wildman–Crippen LogP) is 2.71. The van der Waals surface area contributed by atoms with Crippen molar-refractivity contribution in [1.29, 1.82) is 5.41 Å². The van der Waals surface area contributed by atoms with E-state index >= 15 is 0 Å². The van der Waals surface area contributed by atoms with Gasteiger partial charge in [0.2, 0.25) is 5.91 Å². The Morgan fingerprint density at radius 3 is 2.61 bits per heavy atom. The van der Waals surface area contributed by atoms with E-state index in [1.165, 1.54) is 4.90 Å². The number of rotatable bonds is 7. The maximum atomic E-state index is 12.9. The van der Waals surface area contributed by atoms with Crippen LogP contribution in [0.2, 0.25) is 5.02 Å². The molecule has 0 aliphatic carbocycles. The maximum Gasteiger partial charge on any atom is 0.255 e. The molecule has 1 unspecified atom stereocenters. The molecule has 146 valence electrons. The van der Waals surface area contributed by atoms with Gasteiger partial charge in [-0.2, -0.15) is 0 Å². The van der Waals surface area contributed by atoms with Gasteiger partial charge in [0.15, 0.2) is 5.96 Å². The van der Waals surface area contributed by atoms with Gasteiger partial charge in [0.25, 0.3) is 5.91 Å². The molecular formula is C21H23ClN4O2. The molecule has 0 spiro atoms. The molecule has 1 saturated heterocycles. The standard InChI is InChI=1S/C21H23ClN4O2/c1-21(13-18(27)24-11-10-15-6-3-2-4-7-15)19(28)26(20(23)25-21)14-16-8-5-9-17(22)12-16/h2-9,12H,10-11,13-14H2,1H3,(H2,23,25)(H,24,27). The van der Waals surface area contributed by atoms with Crippen molar-refractivity contribution in [1.82, 2.24) is 15.5 Å². The highest BCUT2D eigenvalue weighted by Gasteiger charge is 2.47. The topological polar surface area (TPSA) is 85.3 Å². The van der Waals surface area contributed by atoms with E-state index in [-0.39, 0.29) is 30.7 Å². The van der Waals surface area contributed by atoms with E-state index in [1.54, 1.807) is 25.1 Å². The second-order valence-electron chi connectivity index (χ2n) is 7.09. The van der Waals surface area contributed by atoms with Gasteiger partial charge in [-0.1, -0.05) is 54.1 Å². The van der Waals surface area contributed by atoms with E-state index < -0.39 is 5.54 Å². The summed E-state index contributed by atoms with van der Waals surface area (Å²) in [6, 6.07) is 17.0. The molecule has 1 heterocycles. The summed E-state index contributed by atoms with van der Waals surface area (Å²) >= 11 is 6.00. The number of guanidine groups is 1. The Morgan fingerprint density at radius 2 is 1.89 bits per heavy atom. The van der Waals surface area contributed by atoms with Gasteiger partial charge in [-0.25, -0.2) is 0 Å². The quantitative estimate of drug-likeness (QED) is 0.670. The fourth-order valence-electron chi connectivity index (χ4n) is 3.24. The summed E-state index contributed by atoms with van der Waals surface area (Å²) in [5.41, 5.74) is 0.828. The van der Waals surface area contributed by atoms with Crippen molar-refractivity contribution in [2.24, 2.45) is 0 Å². The molecule has 2 aromatic rings. The van der Waals surface area contributed by atoms with Crippen LogP contribution in [0.3, 0.4) is 0 Å². The molecule has 0 radical (unpaired) electrons. The molecule has 3 N–H and O–H groups in total. The van der Waals surface area contributed by atoms with Crippen molar-refractivity contribution in [3.8, 4) is 0 Å². The molecule has 2 aromatic carbocycles. The first kappa shape index (κ1) is 19.9. The Balaban J connectivity index is 1.56. The molecule has 6 nitrogen and oxygen atoms in total. The number of halogens is 1. The molecule has 2 amide bonds. The maximum absolute atomic E-state index is 12.9. The third kappa shape index (κ3) is 4.70. The van der Waals surface area contributed by atoms with Gasteiger partial charge in [-0.05, 0) is 36.6 Å². The van der Waals surface area contributed by atoms with Crippen LogP contribution < -0.4 is 10.6 Å². The van der Waals surface area contributed by atoms with E-state index in [1.807, 2.05) is 36.4 Å². The lowest BCUT2D eigenvalue weighted by Gasteiger charge is -2.21. The minimum absolute atomic E-state index is 0.00967. The minimum atomic E-state index is -1.13. The first-order chi connectivity index (χ1) is 13.4. The number of nitrogens with one attached hydrogen (secondary N) is 3. The lowest BCUT2D eigenvalue weighted by Crippen LogP contribution is -2.48. The molecule has 1 fully saturated rings. The van der Waals surface area contributed by atoms with E-state index in [0.29, 0.717) is 11.6 Å². The van der Waals surface area contributed by atoms with Crippen molar-refractivity contribution in [3.05, 3.63) is 70.7 Å². The van der Waals surface area contributed by atoms with Gasteiger partial charge in [0, 0.05) is 11.6 Å². The van der Waals surface area contributed by atoms with E-state index in [4.69, 9.17) is 17.0 Å². The zero-order chi connectivity index (χ0) is 20.1. The van der Waals surface area contributed by atoms with Crippen molar-refractivity contribution >= 4 is 29.4 Å². The SMILES string of the molecule is CC1(CC(=O)NCCc2ccccc2)NC(=N)N(Cc2cccc(Cl)c2)C1=O. The summed E-state index contributed by atoms with van der Waals surface area (Å²) in [4.78, 5) is 26.6. The molecule has 1 atom stereocenters. The van der Waals surface area contributed by atoms with Gasteiger partial charge >= 0.3 is 0 Å². The molecule has 3 rings (SSSR count). The Hall–Kier alpha value is -2.86. The number of nitrogens with zero attached hydrogens (tertiary/aromatic N) is 1. The van der Waals surface area contributed by atoms with Crippen molar-refractivity contribution in [2.45, 2.75) is 31.8 Å². The van der Waals surface area contributed by atoms with Crippen LogP contribution in [0.4, 0.5) is 0 Å². The summed E-state index contributed by atoms with van der Waals surface area (Å²) < 4.78 is 0. The van der Waals surface area contributed by atoms with Crippen LogP contribution in [0, 0.1) is 5.41 Å². The lowest BCUT2D eigenvalue weighted by atomic mass is 9.97. The Morgan fingerprint density at radius 1 is 1.18 bits per heavy atom. The third-order valence-corrected chi connectivity index (χ3v) is 4.94. The van der Waals surface area contributed by atoms with Gasteiger partial charge in [-0.3, -0.25) is 19.9 Å². The minimum Gasteiger partial charge on any atom is -0.356 e. The van der Waals surface area contributed by atoms with Crippen molar-refractivity contribution in [2.75, 3.05) is 6.54 Å². The van der Waals surface area contributed by atoms with Gasteiger partial charge in [0.05, 0.1) is 13.0 Å². The molecule has 28 heavy (non-hydrogen) atoms. The number of hydrogen-bond donors (Lipinski definition) is 3. The second kappa shape index (κ2) is 8.44. The van der Waals surface area contributed by atoms with Crippen LogP contribution in [0.1, 0.15) is 24.5 Å². The Kier molecular flexibility index (Phi) is 5.99. The average Bonchev–Trinajstić information content (AvgIpc) is 2.85. The Bertz CT molecular complexity index is 887. The fourth-order valence-corrected chi connectivity index (χ4v) is 3.46. The first-order valence-corrected chi connectivity index (χ1v) is 9.49. The Labute approximate surface area is 169 Å². The van der Waals surface area contributed by atoms with Gasteiger partial charge in [0.1, 0.15) is 5.54 Å². The number of hydrogen-bond acceptors (Lipinski definition) is 3. The smallest absolute Gasteiger partial charge is 0.255 e. The summed E-state index contributed by atoms with van der Waals surface area (Å²) in [7, 11) is 0. The molecular weight excluding hydrogens is 376 g/mol. The highest BCUT2D eigenvalue weighted by molar-refractivity contribution is 6.30. The van der Waals surface area contributed by atoms with Crippen LogP contribution >= 0.6 is 11.6 Å². The summed E-state index contributed by atoms with van der Waals surface area (Å²) in [6.45, 7) is 2.38. The van der Waals surface area contributed by atoms with Gasteiger partial charge < -0.3 is 10.6 Å². The zero-order valence-corrected chi connectivity index (χ0v) is 16.4. The number of benzene rings is 2. The lowest BCUT2D eigenvalue weighted by molar-refractivity contribution is -0.134. The highest BCUT2D eigenvalue weighted by atomic mass is 35.5. The second-order valence-corrected chi connectivity index (χ2v) is 7.53. The predicted molar refractivity (Wildman–Crippen MR) is 109 cm³/mol. The third-order valence-electron chi connectivity index (χ3n) is 4.70.